The number of amides is 1. The van der Waals surface area contributed by atoms with E-state index in [2.05, 4.69) is 16.4 Å². The van der Waals surface area contributed by atoms with Crippen LogP contribution in [0.5, 0.6) is 0 Å². The standard InChI is InChI=1S/C14H15N3O2/c1-8-14(17-13(7-15)19-8)10-2-4-11-9(6-10)3-5-12(18)16-11/h2,4,6H,3,5,7,15H2,1H3,(H,16,18). The van der Waals surface area contributed by atoms with Crippen molar-refractivity contribution in [2.75, 3.05) is 5.32 Å². The number of fused-ring (bicyclic) bond motifs is 1. The molecule has 2 heterocycles. The van der Waals surface area contributed by atoms with Crippen LogP contribution in [0.2, 0.25) is 0 Å². The fourth-order valence-corrected chi connectivity index (χ4v) is 2.34. The van der Waals surface area contributed by atoms with Gasteiger partial charge in [-0.05, 0) is 31.0 Å². The van der Waals surface area contributed by atoms with Crippen LogP contribution < -0.4 is 11.1 Å². The number of nitrogens with one attached hydrogen (secondary N) is 1. The van der Waals surface area contributed by atoms with Gasteiger partial charge < -0.3 is 15.5 Å². The molecular weight excluding hydrogens is 242 g/mol. The van der Waals surface area contributed by atoms with Crippen LogP contribution in [0.25, 0.3) is 11.3 Å². The number of aromatic nitrogens is 1. The molecule has 0 aliphatic carbocycles. The van der Waals surface area contributed by atoms with Crippen molar-refractivity contribution >= 4 is 11.6 Å². The second-order valence-corrected chi connectivity index (χ2v) is 4.64. The summed E-state index contributed by atoms with van der Waals surface area (Å²) in [7, 11) is 0. The zero-order chi connectivity index (χ0) is 13.4. The number of nitrogens with two attached hydrogens (primary N) is 1. The summed E-state index contributed by atoms with van der Waals surface area (Å²) in [4.78, 5) is 15.7. The number of oxazole rings is 1. The SMILES string of the molecule is Cc1oc(CN)nc1-c1ccc2c(c1)CCC(=O)N2. The van der Waals surface area contributed by atoms with Gasteiger partial charge in [-0.15, -0.1) is 0 Å². The van der Waals surface area contributed by atoms with Gasteiger partial charge in [0.1, 0.15) is 11.5 Å². The van der Waals surface area contributed by atoms with Crippen LogP contribution >= 0.6 is 0 Å². The summed E-state index contributed by atoms with van der Waals surface area (Å²) in [5.74, 6) is 1.38. The molecule has 0 spiro atoms. The van der Waals surface area contributed by atoms with Crippen molar-refractivity contribution in [1.29, 1.82) is 0 Å². The molecule has 1 aromatic carbocycles. The molecule has 1 aliphatic heterocycles. The van der Waals surface area contributed by atoms with Gasteiger partial charge in [-0.1, -0.05) is 6.07 Å². The normalized spacial score (nSPS) is 14.1. The summed E-state index contributed by atoms with van der Waals surface area (Å²) in [6, 6.07) is 5.91. The van der Waals surface area contributed by atoms with Gasteiger partial charge in [0.15, 0.2) is 0 Å². The van der Waals surface area contributed by atoms with Gasteiger partial charge in [-0.25, -0.2) is 4.98 Å². The highest BCUT2D eigenvalue weighted by atomic mass is 16.4. The van der Waals surface area contributed by atoms with Crippen molar-refractivity contribution in [2.45, 2.75) is 26.3 Å². The Kier molecular flexibility index (Phi) is 2.83. The van der Waals surface area contributed by atoms with E-state index in [1.54, 1.807) is 0 Å². The number of rotatable bonds is 2. The number of carbonyl (C=O) groups excluding carboxylic acids is 1. The average molecular weight is 257 g/mol. The van der Waals surface area contributed by atoms with Gasteiger partial charge in [-0.3, -0.25) is 4.79 Å². The predicted octanol–water partition coefficient (Wildman–Crippen LogP) is 1.99. The summed E-state index contributed by atoms with van der Waals surface area (Å²) in [6.07, 6.45) is 1.29. The molecular formula is C14H15N3O2. The minimum atomic E-state index is 0.0725. The monoisotopic (exact) mass is 257 g/mol. The van der Waals surface area contributed by atoms with Gasteiger partial charge in [0.25, 0.3) is 0 Å². The van der Waals surface area contributed by atoms with Gasteiger partial charge in [0, 0.05) is 17.7 Å². The van der Waals surface area contributed by atoms with E-state index in [9.17, 15) is 4.79 Å². The minimum Gasteiger partial charge on any atom is -0.444 e. The molecule has 1 aliphatic rings. The van der Waals surface area contributed by atoms with Crippen LogP contribution in [-0.4, -0.2) is 10.9 Å². The van der Waals surface area contributed by atoms with Crippen molar-refractivity contribution in [3.8, 4) is 11.3 Å². The van der Waals surface area contributed by atoms with E-state index in [0.717, 1.165) is 34.7 Å². The van der Waals surface area contributed by atoms with E-state index in [1.165, 1.54) is 0 Å². The summed E-state index contributed by atoms with van der Waals surface area (Å²) >= 11 is 0. The lowest BCUT2D eigenvalue weighted by Crippen LogP contribution is -2.18. The maximum absolute atomic E-state index is 11.3. The van der Waals surface area contributed by atoms with Crippen LogP contribution in [-0.2, 0) is 17.8 Å². The first-order valence-corrected chi connectivity index (χ1v) is 6.27. The van der Waals surface area contributed by atoms with E-state index in [-0.39, 0.29) is 5.91 Å². The van der Waals surface area contributed by atoms with Crippen LogP contribution in [0.4, 0.5) is 5.69 Å². The number of nitrogens with zero attached hydrogens (tertiary/aromatic N) is 1. The molecule has 5 heteroatoms. The zero-order valence-corrected chi connectivity index (χ0v) is 10.7. The van der Waals surface area contributed by atoms with Crippen LogP contribution in [0.15, 0.2) is 22.6 Å². The first-order valence-electron chi connectivity index (χ1n) is 6.27. The molecule has 98 valence electrons. The van der Waals surface area contributed by atoms with Gasteiger partial charge in [0.05, 0.1) is 6.54 Å². The first kappa shape index (κ1) is 11.9. The van der Waals surface area contributed by atoms with E-state index in [0.29, 0.717) is 18.9 Å². The van der Waals surface area contributed by atoms with Crippen molar-refractivity contribution < 1.29 is 9.21 Å². The quantitative estimate of drug-likeness (QED) is 0.862. The van der Waals surface area contributed by atoms with Gasteiger partial charge in [0.2, 0.25) is 11.8 Å². The van der Waals surface area contributed by atoms with E-state index in [4.69, 9.17) is 10.2 Å². The molecule has 0 saturated heterocycles. The lowest BCUT2D eigenvalue weighted by atomic mass is 9.99. The molecule has 0 fully saturated rings. The summed E-state index contributed by atoms with van der Waals surface area (Å²) < 4.78 is 5.47. The van der Waals surface area contributed by atoms with Gasteiger partial charge in [-0.2, -0.15) is 0 Å². The lowest BCUT2D eigenvalue weighted by molar-refractivity contribution is -0.116. The summed E-state index contributed by atoms with van der Waals surface area (Å²) in [6.45, 7) is 2.17. The molecule has 19 heavy (non-hydrogen) atoms. The minimum absolute atomic E-state index is 0.0725. The second-order valence-electron chi connectivity index (χ2n) is 4.64. The van der Waals surface area contributed by atoms with E-state index >= 15 is 0 Å². The highest BCUT2D eigenvalue weighted by molar-refractivity contribution is 5.94. The fraction of sp³-hybridized carbons (Fsp3) is 0.286. The summed E-state index contributed by atoms with van der Waals surface area (Å²) in [5, 5.41) is 2.87. The summed E-state index contributed by atoms with van der Waals surface area (Å²) in [5.41, 5.74) is 9.37. The molecule has 3 N–H and O–H groups in total. The molecule has 1 amide bonds. The van der Waals surface area contributed by atoms with E-state index in [1.807, 2.05) is 19.1 Å². The maximum atomic E-state index is 11.3. The van der Waals surface area contributed by atoms with Crippen LogP contribution in [0, 0.1) is 6.92 Å². The van der Waals surface area contributed by atoms with Crippen molar-refractivity contribution in [3.63, 3.8) is 0 Å². The number of hydrogen-bond donors (Lipinski definition) is 2. The molecule has 0 bridgehead atoms. The largest absolute Gasteiger partial charge is 0.444 e. The van der Waals surface area contributed by atoms with Crippen molar-refractivity contribution in [1.82, 2.24) is 4.98 Å². The molecule has 5 nitrogen and oxygen atoms in total. The Morgan fingerprint density at radius 2 is 2.26 bits per heavy atom. The van der Waals surface area contributed by atoms with Crippen molar-refractivity contribution in [3.05, 3.63) is 35.4 Å². The zero-order valence-electron chi connectivity index (χ0n) is 10.7. The Labute approximate surface area is 110 Å². The number of aryl methyl sites for hydroxylation is 2. The Bertz CT molecular complexity index is 646. The third kappa shape index (κ3) is 2.13. The third-order valence-corrected chi connectivity index (χ3v) is 3.29. The van der Waals surface area contributed by atoms with Crippen LogP contribution in [0.3, 0.4) is 0 Å². The second kappa shape index (κ2) is 4.51. The highest BCUT2D eigenvalue weighted by Crippen LogP contribution is 2.30. The Morgan fingerprint density at radius 1 is 1.42 bits per heavy atom. The van der Waals surface area contributed by atoms with Crippen LogP contribution in [0.1, 0.15) is 23.6 Å². The molecule has 0 saturated carbocycles. The maximum Gasteiger partial charge on any atom is 0.224 e. The fourth-order valence-electron chi connectivity index (χ4n) is 2.34. The lowest BCUT2D eigenvalue weighted by Gasteiger charge is -2.17. The number of benzene rings is 1. The van der Waals surface area contributed by atoms with Gasteiger partial charge >= 0.3 is 0 Å². The molecule has 1 aromatic heterocycles. The Morgan fingerprint density at radius 3 is 3.00 bits per heavy atom. The number of carbonyl (C=O) groups is 1. The Hall–Kier alpha value is -2.14. The third-order valence-electron chi connectivity index (χ3n) is 3.29. The molecule has 2 aromatic rings. The smallest absolute Gasteiger partial charge is 0.224 e. The highest BCUT2D eigenvalue weighted by Gasteiger charge is 2.17. The molecule has 0 radical (unpaired) electrons. The molecule has 0 atom stereocenters. The number of anilines is 1. The number of hydrogen-bond acceptors (Lipinski definition) is 4. The predicted molar refractivity (Wildman–Crippen MR) is 71.5 cm³/mol. The van der Waals surface area contributed by atoms with E-state index < -0.39 is 0 Å². The first-order chi connectivity index (χ1) is 9.17. The Balaban J connectivity index is 2.02. The van der Waals surface area contributed by atoms with Crippen molar-refractivity contribution in [2.24, 2.45) is 5.73 Å². The molecule has 3 rings (SSSR count). The molecule has 0 unspecified atom stereocenters. The average Bonchev–Trinajstić information content (AvgIpc) is 2.79. The topological polar surface area (TPSA) is 81.2 Å².